The molecule has 2 N–H and O–H groups in total. The van der Waals surface area contributed by atoms with Crippen LogP contribution in [0.5, 0.6) is 0 Å². The minimum atomic E-state index is 0.880. The summed E-state index contributed by atoms with van der Waals surface area (Å²) in [4.78, 5) is 8.76. The smallest absolute Gasteiger partial charge is 0.190 e. The van der Waals surface area contributed by atoms with Crippen molar-refractivity contribution in [2.24, 2.45) is 10.9 Å². The summed E-state index contributed by atoms with van der Waals surface area (Å²) >= 11 is 1.71. The zero-order chi connectivity index (χ0) is 15.6. The molecule has 1 saturated carbocycles. The van der Waals surface area contributed by atoms with E-state index in [9.17, 15) is 0 Å². The minimum Gasteiger partial charge on any atom is -0.356 e. The maximum atomic E-state index is 4.48. The number of aliphatic imine (C=N–C) groups is 1. The van der Waals surface area contributed by atoms with Crippen LogP contribution in [0.25, 0.3) is 0 Å². The van der Waals surface area contributed by atoms with E-state index in [1.807, 2.05) is 14.0 Å². The second-order valence-corrected chi connectivity index (χ2v) is 7.24. The number of hydrogen-bond donors (Lipinski definition) is 2. The van der Waals surface area contributed by atoms with Crippen LogP contribution in [-0.4, -0.2) is 31.1 Å². The first-order valence-electron chi connectivity index (χ1n) is 8.63. The molecule has 1 aliphatic carbocycles. The van der Waals surface area contributed by atoms with Crippen molar-refractivity contribution in [3.63, 3.8) is 0 Å². The van der Waals surface area contributed by atoms with Gasteiger partial charge >= 0.3 is 0 Å². The molecule has 0 amide bonds. The number of aromatic nitrogens is 1. The molecule has 1 fully saturated rings. The van der Waals surface area contributed by atoms with Gasteiger partial charge in [0.2, 0.25) is 0 Å². The van der Waals surface area contributed by atoms with E-state index >= 15 is 0 Å². The average Bonchev–Trinajstić information content (AvgIpc) is 2.96. The van der Waals surface area contributed by atoms with Gasteiger partial charge in [-0.25, -0.2) is 4.98 Å². The molecule has 124 valence electrons. The first kappa shape index (κ1) is 17.3. The average molecular weight is 323 g/mol. The molecular formula is C17H30N4S. The number of nitrogens with one attached hydrogen (secondary N) is 2. The van der Waals surface area contributed by atoms with E-state index < -0.39 is 0 Å². The molecule has 0 atom stereocenters. The Morgan fingerprint density at radius 1 is 1.27 bits per heavy atom. The van der Waals surface area contributed by atoms with Crippen LogP contribution in [0, 0.1) is 12.8 Å². The van der Waals surface area contributed by atoms with Crippen LogP contribution in [-0.2, 0) is 6.42 Å². The molecule has 0 aromatic carbocycles. The molecule has 2 rings (SSSR count). The second-order valence-electron chi connectivity index (χ2n) is 6.18. The fraction of sp³-hybridized carbons (Fsp3) is 0.765. The van der Waals surface area contributed by atoms with Crippen LogP contribution in [0.4, 0.5) is 0 Å². The summed E-state index contributed by atoms with van der Waals surface area (Å²) in [5, 5.41) is 10.1. The molecule has 1 aromatic heterocycles. The summed E-state index contributed by atoms with van der Waals surface area (Å²) in [6, 6.07) is 0. The van der Waals surface area contributed by atoms with Crippen molar-refractivity contribution >= 4 is 17.3 Å². The van der Waals surface area contributed by atoms with Crippen molar-refractivity contribution in [3.8, 4) is 0 Å². The molecule has 5 heteroatoms. The summed E-state index contributed by atoms with van der Waals surface area (Å²) in [6.07, 6.45) is 10.8. The number of nitrogens with zero attached hydrogens (tertiary/aromatic N) is 2. The van der Waals surface area contributed by atoms with Crippen LogP contribution < -0.4 is 10.6 Å². The Morgan fingerprint density at radius 3 is 2.73 bits per heavy atom. The lowest BCUT2D eigenvalue weighted by molar-refractivity contribution is 0.332. The third kappa shape index (κ3) is 6.34. The Labute approximate surface area is 138 Å². The van der Waals surface area contributed by atoms with Crippen LogP contribution in [0.2, 0.25) is 0 Å². The number of hydrogen-bond acceptors (Lipinski definition) is 3. The van der Waals surface area contributed by atoms with Crippen LogP contribution in [0.15, 0.2) is 10.4 Å². The zero-order valence-electron chi connectivity index (χ0n) is 14.0. The Balaban J connectivity index is 1.54. The Kier molecular flexibility index (Phi) is 7.71. The molecule has 0 bridgehead atoms. The highest BCUT2D eigenvalue weighted by Crippen LogP contribution is 2.26. The minimum absolute atomic E-state index is 0.880. The number of thiazole rings is 1. The van der Waals surface area contributed by atoms with E-state index in [1.54, 1.807) is 11.3 Å². The quantitative estimate of drug-likeness (QED) is 0.459. The van der Waals surface area contributed by atoms with E-state index in [1.165, 1.54) is 50.6 Å². The molecule has 1 aliphatic rings. The zero-order valence-corrected chi connectivity index (χ0v) is 14.8. The van der Waals surface area contributed by atoms with Gasteiger partial charge in [-0.2, -0.15) is 0 Å². The number of guanidine groups is 1. The van der Waals surface area contributed by atoms with Gasteiger partial charge in [0.05, 0.1) is 10.7 Å². The van der Waals surface area contributed by atoms with Crippen molar-refractivity contribution in [1.82, 2.24) is 15.6 Å². The summed E-state index contributed by atoms with van der Waals surface area (Å²) in [5.74, 6) is 1.88. The molecular weight excluding hydrogens is 292 g/mol. The molecule has 0 spiro atoms. The topological polar surface area (TPSA) is 49.3 Å². The standard InChI is InChI=1S/C17H30N4S/c1-14-21-16(13-22-14)10-12-20-17(18-2)19-11-6-9-15-7-4-3-5-8-15/h13,15H,3-12H2,1-2H3,(H2,18,19,20). The number of aryl methyl sites for hydroxylation is 1. The van der Waals surface area contributed by atoms with Gasteiger partial charge in [0.15, 0.2) is 5.96 Å². The second kappa shape index (κ2) is 9.82. The molecule has 0 radical (unpaired) electrons. The Hall–Kier alpha value is -1.10. The van der Waals surface area contributed by atoms with E-state index in [0.29, 0.717) is 0 Å². The van der Waals surface area contributed by atoms with E-state index in [2.05, 4.69) is 26.0 Å². The molecule has 4 nitrogen and oxygen atoms in total. The summed E-state index contributed by atoms with van der Waals surface area (Å²) in [6.45, 7) is 3.95. The molecule has 0 saturated heterocycles. The molecule has 22 heavy (non-hydrogen) atoms. The van der Waals surface area contributed by atoms with Gasteiger partial charge in [0, 0.05) is 31.9 Å². The van der Waals surface area contributed by atoms with Gasteiger partial charge in [0.1, 0.15) is 0 Å². The lowest BCUT2D eigenvalue weighted by Gasteiger charge is -2.21. The van der Waals surface area contributed by atoms with Gasteiger partial charge in [-0.15, -0.1) is 11.3 Å². The van der Waals surface area contributed by atoms with Crippen molar-refractivity contribution < 1.29 is 0 Å². The maximum absolute atomic E-state index is 4.48. The van der Waals surface area contributed by atoms with Gasteiger partial charge in [-0.05, 0) is 25.7 Å². The first-order valence-corrected chi connectivity index (χ1v) is 9.51. The molecule has 0 unspecified atom stereocenters. The van der Waals surface area contributed by atoms with Gasteiger partial charge in [-0.1, -0.05) is 32.1 Å². The van der Waals surface area contributed by atoms with E-state index in [0.717, 1.165) is 36.4 Å². The third-order valence-electron chi connectivity index (χ3n) is 4.37. The summed E-state index contributed by atoms with van der Waals surface area (Å²) in [5.41, 5.74) is 1.17. The highest BCUT2D eigenvalue weighted by molar-refractivity contribution is 7.09. The van der Waals surface area contributed by atoms with Gasteiger partial charge in [0.25, 0.3) is 0 Å². The number of rotatable bonds is 7. The van der Waals surface area contributed by atoms with Gasteiger partial charge in [-0.3, -0.25) is 4.99 Å². The normalized spacial score (nSPS) is 16.7. The molecule has 1 aromatic rings. The van der Waals surface area contributed by atoms with Crippen molar-refractivity contribution in [1.29, 1.82) is 0 Å². The predicted octanol–water partition coefficient (Wildman–Crippen LogP) is 3.52. The summed E-state index contributed by atoms with van der Waals surface area (Å²) in [7, 11) is 1.84. The first-order chi connectivity index (χ1) is 10.8. The van der Waals surface area contributed by atoms with Crippen molar-refractivity contribution in [2.45, 2.75) is 58.3 Å². The van der Waals surface area contributed by atoms with Crippen LogP contribution in [0.3, 0.4) is 0 Å². The fourth-order valence-corrected chi connectivity index (χ4v) is 3.77. The third-order valence-corrected chi connectivity index (χ3v) is 5.19. The predicted molar refractivity (Wildman–Crippen MR) is 95.7 cm³/mol. The monoisotopic (exact) mass is 322 g/mol. The summed E-state index contributed by atoms with van der Waals surface area (Å²) < 4.78 is 0. The van der Waals surface area contributed by atoms with Crippen LogP contribution >= 0.6 is 11.3 Å². The lowest BCUT2D eigenvalue weighted by atomic mass is 9.86. The largest absolute Gasteiger partial charge is 0.356 e. The molecule has 1 heterocycles. The highest BCUT2D eigenvalue weighted by atomic mass is 32.1. The lowest BCUT2D eigenvalue weighted by Crippen LogP contribution is -2.38. The maximum Gasteiger partial charge on any atom is 0.190 e. The van der Waals surface area contributed by atoms with Gasteiger partial charge < -0.3 is 10.6 Å². The van der Waals surface area contributed by atoms with E-state index in [4.69, 9.17) is 0 Å². The Morgan fingerprint density at radius 2 is 2.05 bits per heavy atom. The fourth-order valence-electron chi connectivity index (χ4n) is 3.13. The van der Waals surface area contributed by atoms with E-state index in [-0.39, 0.29) is 0 Å². The van der Waals surface area contributed by atoms with Crippen molar-refractivity contribution in [2.75, 3.05) is 20.1 Å². The Bertz CT molecular complexity index is 449. The van der Waals surface area contributed by atoms with Crippen LogP contribution in [0.1, 0.15) is 55.6 Å². The molecule has 0 aliphatic heterocycles. The highest BCUT2D eigenvalue weighted by Gasteiger charge is 2.12. The SMILES string of the molecule is CN=C(NCCCC1CCCCC1)NCCc1csc(C)n1. The van der Waals surface area contributed by atoms with Crippen molar-refractivity contribution in [3.05, 3.63) is 16.1 Å².